The van der Waals surface area contributed by atoms with E-state index in [2.05, 4.69) is 11.4 Å². The molecule has 0 spiro atoms. The highest BCUT2D eigenvalue weighted by molar-refractivity contribution is 5.99. The molecule has 0 radical (unpaired) electrons. The van der Waals surface area contributed by atoms with Gasteiger partial charge in [-0.3, -0.25) is 4.79 Å². The van der Waals surface area contributed by atoms with Gasteiger partial charge < -0.3 is 19.9 Å². The monoisotopic (exact) mass is 498 g/mol. The zero-order valence-corrected chi connectivity index (χ0v) is 19.4. The first-order chi connectivity index (χ1) is 17.2. The summed E-state index contributed by atoms with van der Waals surface area (Å²) in [5, 5.41) is 21.2. The zero-order chi connectivity index (χ0) is 25.9. The number of hydrogen-bond acceptors (Lipinski definition) is 3. The largest absolute Gasteiger partial charge is 0.465 e. The Morgan fingerprint density at radius 3 is 2.39 bits per heavy atom. The molecule has 1 aliphatic rings. The first-order valence-corrected chi connectivity index (χ1v) is 11.6. The third-order valence-corrected chi connectivity index (χ3v) is 6.60. The second kappa shape index (κ2) is 10.3. The minimum Gasteiger partial charge on any atom is -0.465 e. The van der Waals surface area contributed by atoms with E-state index in [1.807, 2.05) is 0 Å². The maximum absolute atomic E-state index is 13.5. The molecule has 2 heterocycles. The van der Waals surface area contributed by atoms with Gasteiger partial charge in [-0.05, 0) is 61.1 Å². The summed E-state index contributed by atoms with van der Waals surface area (Å²) < 4.78 is 40.7. The van der Waals surface area contributed by atoms with Gasteiger partial charge in [0, 0.05) is 31.6 Å². The van der Waals surface area contributed by atoms with Crippen LogP contribution >= 0.6 is 0 Å². The minimum atomic E-state index is -4.43. The number of aromatic nitrogens is 1. The summed E-state index contributed by atoms with van der Waals surface area (Å²) in [4.78, 5) is 25.9. The van der Waals surface area contributed by atoms with Gasteiger partial charge in [0.05, 0.1) is 22.7 Å². The quantitative estimate of drug-likeness (QED) is 0.495. The lowest BCUT2D eigenvalue weighted by Crippen LogP contribution is -2.40. The highest BCUT2D eigenvalue weighted by atomic mass is 19.4. The van der Waals surface area contributed by atoms with Crippen LogP contribution in [0, 0.1) is 17.2 Å². The number of nitrogens with one attached hydrogen (secondary N) is 1. The lowest BCUT2D eigenvalue weighted by atomic mass is 9.93. The molecule has 4 rings (SSSR count). The van der Waals surface area contributed by atoms with Crippen LogP contribution in [-0.2, 0) is 12.7 Å². The maximum Gasteiger partial charge on any atom is 0.416 e. The Bertz CT molecular complexity index is 1300. The number of nitrogens with zero attached hydrogens (tertiary/aromatic N) is 3. The van der Waals surface area contributed by atoms with E-state index in [1.54, 1.807) is 33.7 Å². The number of fused-ring (bicyclic) bond motifs is 1. The molecule has 0 atom stereocenters. The predicted molar refractivity (Wildman–Crippen MR) is 126 cm³/mol. The molecule has 1 saturated heterocycles. The molecule has 1 fully saturated rings. The summed E-state index contributed by atoms with van der Waals surface area (Å²) in [6.07, 6.45) is -3.27. The van der Waals surface area contributed by atoms with Crippen molar-refractivity contribution in [2.75, 3.05) is 19.6 Å². The molecule has 7 nitrogen and oxygen atoms in total. The molecule has 36 heavy (non-hydrogen) atoms. The fourth-order valence-electron chi connectivity index (χ4n) is 4.62. The molecule has 10 heteroatoms. The van der Waals surface area contributed by atoms with Crippen LogP contribution in [0.5, 0.6) is 0 Å². The zero-order valence-electron chi connectivity index (χ0n) is 19.4. The Kier molecular flexibility index (Phi) is 7.20. The van der Waals surface area contributed by atoms with Crippen LogP contribution in [0.15, 0.2) is 48.5 Å². The van der Waals surface area contributed by atoms with Crippen LogP contribution in [0.1, 0.15) is 46.4 Å². The Morgan fingerprint density at radius 1 is 1.08 bits per heavy atom. The van der Waals surface area contributed by atoms with Gasteiger partial charge in [0.1, 0.15) is 5.69 Å². The number of alkyl halides is 3. The summed E-state index contributed by atoms with van der Waals surface area (Å²) in [7, 11) is 0. The molecule has 0 unspecified atom stereocenters. The molecule has 0 saturated carbocycles. The van der Waals surface area contributed by atoms with Crippen LogP contribution in [0.25, 0.3) is 10.9 Å². The molecule has 1 aliphatic heterocycles. The number of rotatable bonds is 6. The standard InChI is InChI=1S/C26H25F3N4O3/c27-26(28,29)21-5-2-18(3-6-21)16-33-22-13-19(15-30)1-4-20(22)14-23(33)24(34)32-11-8-17(9-12-32)7-10-31-25(35)36/h1-6,13-14,17,31H,7-12,16H2,(H,35,36). The van der Waals surface area contributed by atoms with Crippen molar-refractivity contribution < 1.29 is 27.9 Å². The Hall–Kier alpha value is -4.00. The smallest absolute Gasteiger partial charge is 0.416 e. The predicted octanol–water partition coefficient (Wildman–Crippen LogP) is 5.09. The average Bonchev–Trinajstić information content (AvgIpc) is 3.21. The van der Waals surface area contributed by atoms with E-state index in [4.69, 9.17) is 5.11 Å². The SMILES string of the molecule is N#Cc1ccc2cc(C(=O)N3CCC(CCNC(=O)O)CC3)n(Cc3ccc(C(F)(F)F)cc3)c2c1. The number of carbonyl (C=O) groups is 2. The van der Waals surface area contributed by atoms with Crippen molar-refractivity contribution in [2.24, 2.45) is 5.92 Å². The van der Waals surface area contributed by atoms with Crippen LogP contribution in [0.4, 0.5) is 18.0 Å². The normalized spacial score (nSPS) is 14.6. The van der Waals surface area contributed by atoms with E-state index in [0.717, 1.165) is 30.4 Å². The number of amides is 2. The molecule has 0 bridgehead atoms. The fourth-order valence-corrected chi connectivity index (χ4v) is 4.62. The van der Waals surface area contributed by atoms with Crippen molar-refractivity contribution in [3.63, 3.8) is 0 Å². The van der Waals surface area contributed by atoms with Crippen LogP contribution < -0.4 is 5.32 Å². The lowest BCUT2D eigenvalue weighted by molar-refractivity contribution is -0.137. The summed E-state index contributed by atoms with van der Waals surface area (Å²) in [5.41, 5.74) is 1.34. The van der Waals surface area contributed by atoms with E-state index in [0.29, 0.717) is 54.3 Å². The number of benzene rings is 2. The minimum absolute atomic E-state index is 0.176. The summed E-state index contributed by atoms with van der Waals surface area (Å²) in [5.74, 6) is 0.135. The van der Waals surface area contributed by atoms with Crippen LogP contribution in [-0.4, -0.2) is 46.2 Å². The molecule has 188 valence electrons. The van der Waals surface area contributed by atoms with Crippen molar-refractivity contribution >= 4 is 22.9 Å². The number of carboxylic acid groups (broad SMARTS) is 1. The molecular formula is C26H25F3N4O3. The van der Waals surface area contributed by atoms with Gasteiger partial charge >= 0.3 is 12.3 Å². The van der Waals surface area contributed by atoms with E-state index in [9.17, 15) is 28.0 Å². The molecule has 2 N–H and O–H groups in total. The van der Waals surface area contributed by atoms with E-state index >= 15 is 0 Å². The van der Waals surface area contributed by atoms with Gasteiger partial charge in [-0.25, -0.2) is 4.79 Å². The molecule has 2 amide bonds. The number of piperidine rings is 1. The summed E-state index contributed by atoms with van der Waals surface area (Å²) in [6.45, 7) is 1.61. The molecule has 0 aliphatic carbocycles. The average molecular weight is 499 g/mol. The maximum atomic E-state index is 13.5. The second-order valence-electron chi connectivity index (χ2n) is 8.95. The van der Waals surface area contributed by atoms with Gasteiger partial charge in [-0.15, -0.1) is 0 Å². The number of carbonyl (C=O) groups excluding carboxylic acids is 1. The first kappa shape index (κ1) is 25.1. The Balaban J connectivity index is 1.57. The Morgan fingerprint density at radius 2 is 1.78 bits per heavy atom. The van der Waals surface area contributed by atoms with Gasteiger partial charge in [0.2, 0.25) is 0 Å². The van der Waals surface area contributed by atoms with Gasteiger partial charge in [0.15, 0.2) is 0 Å². The highest BCUT2D eigenvalue weighted by Crippen LogP contribution is 2.30. The Labute approximate surface area is 205 Å². The lowest BCUT2D eigenvalue weighted by Gasteiger charge is -2.32. The van der Waals surface area contributed by atoms with E-state index < -0.39 is 17.8 Å². The number of likely N-dealkylation sites (tertiary alicyclic amines) is 1. The molecule has 3 aromatic rings. The number of hydrogen-bond donors (Lipinski definition) is 2. The summed E-state index contributed by atoms with van der Waals surface area (Å²) >= 11 is 0. The molecule has 1 aromatic heterocycles. The van der Waals surface area contributed by atoms with Crippen molar-refractivity contribution in [2.45, 2.75) is 32.0 Å². The third kappa shape index (κ3) is 5.62. The topological polar surface area (TPSA) is 98.4 Å². The van der Waals surface area contributed by atoms with Crippen molar-refractivity contribution in [1.82, 2.24) is 14.8 Å². The second-order valence-corrected chi connectivity index (χ2v) is 8.95. The van der Waals surface area contributed by atoms with Crippen molar-refractivity contribution in [1.29, 1.82) is 5.26 Å². The third-order valence-electron chi connectivity index (χ3n) is 6.60. The van der Waals surface area contributed by atoms with Crippen LogP contribution in [0.2, 0.25) is 0 Å². The van der Waals surface area contributed by atoms with Crippen LogP contribution in [0.3, 0.4) is 0 Å². The van der Waals surface area contributed by atoms with Gasteiger partial charge in [0.25, 0.3) is 5.91 Å². The first-order valence-electron chi connectivity index (χ1n) is 11.6. The van der Waals surface area contributed by atoms with Crippen molar-refractivity contribution in [3.05, 3.63) is 70.9 Å². The van der Waals surface area contributed by atoms with E-state index in [1.165, 1.54) is 12.1 Å². The highest BCUT2D eigenvalue weighted by Gasteiger charge is 2.30. The molecular weight excluding hydrogens is 473 g/mol. The molecule has 2 aromatic carbocycles. The van der Waals surface area contributed by atoms with Gasteiger partial charge in [-0.1, -0.05) is 18.2 Å². The van der Waals surface area contributed by atoms with E-state index in [-0.39, 0.29) is 12.5 Å². The van der Waals surface area contributed by atoms with Crippen molar-refractivity contribution in [3.8, 4) is 6.07 Å². The summed E-state index contributed by atoms with van der Waals surface area (Å²) in [6, 6.07) is 13.8. The number of halogens is 3. The fraction of sp³-hybridized carbons (Fsp3) is 0.346. The number of nitriles is 1. The van der Waals surface area contributed by atoms with Gasteiger partial charge in [-0.2, -0.15) is 18.4 Å².